The van der Waals surface area contributed by atoms with Crippen LogP contribution in [0.3, 0.4) is 0 Å². The van der Waals surface area contributed by atoms with Gasteiger partial charge in [0.05, 0.1) is 11.8 Å². The van der Waals surface area contributed by atoms with Crippen molar-refractivity contribution in [1.82, 2.24) is 19.6 Å². The number of fused-ring (bicyclic) bond motifs is 1. The molecule has 5 rings (SSSR count). The van der Waals surface area contributed by atoms with Crippen LogP contribution in [0.2, 0.25) is 0 Å². The molecule has 2 fully saturated rings. The summed E-state index contributed by atoms with van der Waals surface area (Å²) in [7, 11) is -0.498. The van der Waals surface area contributed by atoms with Gasteiger partial charge in [-0.2, -0.15) is 26.6 Å². The fourth-order valence-corrected chi connectivity index (χ4v) is 6.95. The van der Waals surface area contributed by atoms with Crippen LogP contribution in [0.25, 0.3) is 10.2 Å². The summed E-state index contributed by atoms with van der Waals surface area (Å²) in [6.07, 6.45) is -3.23. The van der Waals surface area contributed by atoms with Crippen molar-refractivity contribution in [2.45, 2.75) is 32.0 Å². The number of hydrogen-bond donors (Lipinski definition) is 3. The third-order valence-electron chi connectivity index (χ3n) is 7.16. The van der Waals surface area contributed by atoms with E-state index in [-0.39, 0.29) is 10.3 Å². The standard InChI is InChI=1S/C24H30F3N7O2S2/c1-28-22-30-20(19-11-18(12-24(25,26)27)37-21(19)31-22)34-10-8-23(15-34)7-9-33(14-23)13-16-3-5-17(6-4-16)32-38(35,36)29-2/h3-6,11,29,32H,7-10,12-15H2,1-2H3,(H,28,30,31). The van der Waals surface area contributed by atoms with Gasteiger partial charge in [0.15, 0.2) is 0 Å². The Bertz CT molecular complexity index is 1410. The van der Waals surface area contributed by atoms with Gasteiger partial charge in [-0.05, 0) is 43.1 Å². The average molecular weight is 570 g/mol. The lowest BCUT2D eigenvalue weighted by molar-refractivity contribution is -0.126. The minimum absolute atomic E-state index is 0.0876. The molecular weight excluding hydrogens is 539 g/mol. The first-order chi connectivity index (χ1) is 18.0. The highest BCUT2D eigenvalue weighted by Gasteiger charge is 2.44. The van der Waals surface area contributed by atoms with E-state index in [4.69, 9.17) is 0 Å². The van der Waals surface area contributed by atoms with Crippen molar-refractivity contribution in [2.75, 3.05) is 55.2 Å². The van der Waals surface area contributed by atoms with Crippen LogP contribution in [0.4, 0.5) is 30.6 Å². The van der Waals surface area contributed by atoms with E-state index in [1.54, 1.807) is 25.2 Å². The molecule has 1 atom stereocenters. The van der Waals surface area contributed by atoms with Gasteiger partial charge in [-0.25, -0.2) is 9.71 Å². The summed E-state index contributed by atoms with van der Waals surface area (Å²) in [4.78, 5) is 14.5. The predicted octanol–water partition coefficient (Wildman–Crippen LogP) is 3.82. The van der Waals surface area contributed by atoms with Gasteiger partial charge in [0, 0.05) is 56.3 Å². The topological polar surface area (TPSA) is 102 Å². The van der Waals surface area contributed by atoms with Gasteiger partial charge in [-0.3, -0.25) is 9.62 Å². The molecule has 0 amide bonds. The normalized spacial score (nSPS) is 20.6. The fraction of sp³-hybridized carbons (Fsp3) is 0.500. The van der Waals surface area contributed by atoms with Crippen LogP contribution in [-0.4, -0.2) is 69.7 Å². The number of aromatic nitrogens is 2. The highest BCUT2D eigenvalue weighted by Crippen LogP contribution is 2.43. The minimum atomic E-state index is -4.27. The predicted molar refractivity (Wildman–Crippen MR) is 144 cm³/mol. The molecule has 2 aromatic heterocycles. The molecular formula is C24H30F3N7O2S2. The van der Waals surface area contributed by atoms with Gasteiger partial charge < -0.3 is 10.2 Å². The Morgan fingerprint density at radius 3 is 2.50 bits per heavy atom. The Kier molecular flexibility index (Phi) is 7.18. The van der Waals surface area contributed by atoms with E-state index in [2.05, 4.69) is 34.5 Å². The van der Waals surface area contributed by atoms with Crippen molar-refractivity contribution in [3.8, 4) is 0 Å². The Morgan fingerprint density at radius 2 is 1.82 bits per heavy atom. The van der Waals surface area contributed by atoms with Crippen LogP contribution >= 0.6 is 11.3 Å². The van der Waals surface area contributed by atoms with Crippen LogP contribution in [-0.2, 0) is 23.2 Å². The molecule has 0 saturated carbocycles. The molecule has 2 saturated heterocycles. The average Bonchev–Trinajstić information content (AvgIpc) is 3.57. The van der Waals surface area contributed by atoms with E-state index in [9.17, 15) is 21.6 Å². The number of halogens is 3. The summed E-state index contributed by atoms with van der Waals surface area (Å²) in [5.41, 5.74) is 1.68. The molecule has 0 aliphatic carbocycles. The molecule has 0 bridgehead atoms. The van der Waals surface area contributed by atoms with Crippen LogP contribution in [0.5, 0.6) is 0 Å². The molecule has 1 aromatic carbocycles. The van der Waals surface area contributed by atoms with Gasteiger partial charge in [0.25, 0.3) is 10.2 Å². The summed E-state index contributed by atoms with van der Waals surface area (Å²) in [6, 6.07) is 8.94. The summed E-state index contributed by atoms with van der Waals surface area (Å²) < 4.78 is 67.1. The number of benzene rings is 1. The number of thiophene rings is 1. The summed E-state index contributed by atoms with van der Waals surface area (Å²) >= 11 is 1.07. The van der Waals surface area contributed by atoms with E-state index in [0.29, 0.717) is 27.7 Å². The highest BCUT2D eigenvalue weighted by atomic mass is 32.2. The molecule has 206 valence electrons. The monoisotopic (exact) mass is 569 g/mol. The summed E-state index contributed by atoms with van der Waals surface area (Å²) in [5, 5.41) is 3.62. The number of likely N-dealkylation sites (tertiary alicyclic amines) is 1. The lowest BCUT2D eigenvalue weighted by atomic mass is 9.86. The number of nitrogens with one attached hydrogen (secondary N) is 3. The Hall–Kier alpha value is -2.68. The zero-order chi connectivity index (χ0) is 27.1. The van der Waals surface area contributed by atoms with Crippen LogP contribution in [0.15, 0.2) is 30.3 Å². The first-order valence-corrected chi connectivity index (χ1v) is 14.6. The second-order valence-corrected chi connectivity index (χ2v) is 12.7. The molecule has 3 aromatic rings. The van der Waals surface area contributed by atoms with Gasteiger partial charge in [-0.15, -0.1) is 11.3 Å². The smallest absolute Gasteiger partial charge is 0.357 e. The zero-order valence-corrected chi connectivity index (χ0v) is 22.7. The van der Waals surface area contributed by atoms with Crippen molar-refractivity contribution in [2.24, 2.45) is 5.41 Å². The van der Waals surface area contributed by atoms with E-state index in [1.807, 2.05) is 12.1 Å². The number of rotatable bonds is 8. The molecule has 1 unspecified atom stereocenters. The van der Waals surface area contributed by atoms with Crippen LogP contribution < -0.4 is 19.7 Å². The summed E-state index contributed by atoms with van der Waals surface area (Å²) in [6.45, 7) is 4.18. The third-order valence-corrected chi connectivity index (χ3v) is 9.23. The quantitative estimate of drug-likeness (QED) is 0.379. The molecule has 9 nitrogen and oxygen atoms in total. The maximum Gasteiger partial charge on any atom is 0.393 e. The van der Waals surface area contributed by atoms with Gasteiger partial charge in [0.2, 0.25) is 5.95 Å². The second kappa shape index (κ2) is 10.1. The molecule has 14 heteroatoms. The van der Waals surface area contributed by atoms with Crippen molar-refractivity contribution in [3.63, 3.8) is 0 Å². The molecule has 0 radical (unpaired) electrons. The van der Waals surface area contributed by atoms with Crippen LogP contribution in [0, 0.1) is 5.41 Å². The maximum absolute atomic E-state index is 13.0. The van der Waals surface area contributed by atoms with Crippen molar-refractivity contribution in [3.05, 3.63) is 40.8 Å². The zero-order valence-electron chi connectivity index (χ0n) is 21.1. The molecule has 2 aliphatic heterocycles. The first-order valence-electron chi connectivity index (χ1n) is 12.3. The van der Waals surface area contributed by atoms with E-state index in [1.165, 1.54) is 7.05 Å². The highest BCUT2D eigenvalue weighted by molar-refractivity contribution is 7.90. The lowest BCUT2D eigenvalue weighted by Gasteiger charge is -2.25. The number of anilines is 3. The number of nitrogens with zero attached hydrogens (tertiary/aromatic N) is 4. The van der Waals surface area contributed by atoms with E-state index in [0.717, 1.165) is 62.5 Å². The Morgan fingerprint density at radius 1 is 1.08 bits per heavy atom. The lowest BCUT2D eigenvalue weighted by Crippen LogP contribution is -2.31. The van der Waals surface area contributed by atoms with E-state index >= 15 is 0 Å². The van der Waals surface area contributed by atoms with Crippen molar-refractivity contribution >= 4 is 49.2 Å². The Balaban J connectivity index is 1.27. The Labute approximate surface area is 223 Å². The number of hydrogen-bond acceptors (Lipinski definition) is 8. The first kappa shape index (κ1) is 26.9. The number of alkyl halides is 3. The molecule has 4 heterocycles. The fourth-order valence-electron chi connectivity index (χ4n) is 5.35. The van der Waals surface area contributed by atoms with Gasteiger partial charge >= 0.3 is 6.18 Å². The largest absolute Gasteiger partial charge is 0.393 e. The third kappa shape index (κ3) is 5.98. The molecule has 3 N–H and O–H groups in total. The van der Waals surface area contributed by atoms with Crippen molar-refractivity contribution < 1.29 is 21.6 Å². The van der Waals surface area contributed by atoms with Gasteiger partial charge in [0.1, 0.15) is 10.6 Å². The summed E-state index contributed by atoms with van der Waals surface area (Å²) in [5.74, 6) is 1.10. The van der Waals surface area contributed by atoms with Crippen LogP contribution in [0.1, 0.15) is 23.3 Å². The minimum Gasteiger partial charge on any atom is -0.357 e. The van der Waals surface area contributed by atoms with Crippen molar-refractivity contribution in [1.29, 1.82) is 0 Å². The molecule has 1 spiro atoms. The SMILES string of the molecule is CNc1nc(N2CCC3(CCN(Cc4ccc(NS(=O)(=O)NC)cc4)C3)C2)c2cc(CC(F)(F)F)sc2n1. The molecule has 2 aliphatic rings. The molecule has 38 heavy (non-hydrogen) atoms. The van der Waals surface area contributed by atoms with Gasteiger partial charge in [-0.1, -0.05) is 12.1 Å². The second-order valence-electron chi connectivity index (χ2n) is 9.98. The maximum atomic E-state index is 13.0. The van der Waals surface area contributed by atoms with E-state index < -0.39 is 22.8 Å².